The molecule has 7 nitrogen and oxygen atoms in total. The molecular formula is C22H18Cl2N2O5. The number of fused-ring (bicyclic) bond motifs is 3. The quantitative estimate of drug-likeness (QED) is 0.330. The monoisotopic (exact) mass is 460 g/mol. The van der Waals surface area contributed by atoms with E-state index < -0.39 is 6.16 Å². The van der Waals surface area contributed by atoms with Gasteiger partial charge in [0.15, 0.2) is 0 Å². The second kappa shape index (κ2) is 9.01. The van der Waals surface area contributed by atoms with E-state index in [4.69, 9.17) is 42.1 Å². The van der Waals surface area contributed by atoms with Crippen LogP contribution in [0.5, 0.6) is 17.4 Å². The fourth-order valence-corrected chi connectivity index (χ4v) is 3.62. The predicted molar refractivity (Wildman–Crippen MR) is 118 cm³/mol. The summed E-state index contributed by atoms with van der Waals surface area (Å²) in [6.45, 7) is 2.03. The van der Waals surface area contributed by atoms with Crippen LogP contribution in [0.25, 0.3) is 21.8 Å². The van der Waals surface area contributed by atoms with Gasteiger partial charge in [-0.3, -0.25) is 0 Å². The Bertz CT molecular complexity index is 1270. The minimum atomic E-state index is -0.839. The lowest BCUT2D eigenvalue weighted by molar-refractivity contribution is 0.101. The number of rotatable bonds is 6. The number of nitrogens with zero attached hydrogens (tertiary/aromatic N) is 1. The summed E-state index contributed by atoms with van der Waals surface area (Å²) in [4.78, 5) is 19.5. The number of ether oxygens (including phenoxy) is 4. The zero-order chi connectivity index (χ0) is 22.0. The van der Waals surface area contributed by atoms with E-state index in [9.17, 15) is 4.79 Å². The molecule has 0 saturated carbocycles. The number of hydrogen-bond donors (Lipinski definition) is 1. The number of methoxy groups -OCH3 is 1. The summed E-state index contributed by atoms with van der Waals surface area (Å²) in [5.41, 5.74) is 2.11. The van der Waals surface area contributed by atoms with Crippen LogP contribution in [-0.4, -0.2) is 29.8 Å². The summed E-state index contributed by atoms with van der Waals surface area (Å²) in [5, 5.41) is 2.43. The van der Waals surface area contributed by atoms with Crippen LogP contribution in [0.1, 0.15) is 12.5 Å². The van der Waals surface area contributed by atoms with Crippen LogP contribution in [0.3, 0.4) is 0 Å². The van der Waals surface area contributed by atoms with Gasteiger partial charge in [0.1, 0.15) is 11.5 Å². The van der Waals surface area contributed by atoms with Crippen LogP contribution >= 0.6 is 23.2 Å². The summed E-state index contributed by atoms with van der Waals surface area (Å²) >= 11 is 12.4. The smallest absolute Gasteiger partial charge is 0.455 e. The first-order chi connectivity index (χ1) is 15.0. The third-order valence-corrected chi connectivity index (χ3v) is 5.08. The van der Waals surface area contributed by atoms with E-state index in [2.05, 4.69) is 9.97 Å². The van der Waals surface area contributed by atoms with Crippen molar-refractivity contribution in [1.29, 1.82) is 0 Å². The second-order valence-corrected chi connectivity index (χ2v) is 7.37. The average Bonchev–Trinajstić information content (AvgIpc) is 3.12. The Morgan fingerprint density at radius 2 is 1.94 bits per heavy atom. The first kappa shape index (κ1) is 21.2. The Morgan fingerprint density at radius 1 is 1.10 bits per heavy atom. The van der Waals surface area contributed by atoms with Gasteiger partial charge in [-0.2, -0.15) is 0 Å². The summed E-state index contributed by atoms with van der Waals surface area (Å²) < 4.78 is 21.7. The molecule has 0 saturated heterocycles. The van der Waals surface area contributed by atoms with Crippen molar-refractivity contribution >= 4 is 51.2 Å². The van der Waals surface area contributed by atoms with Crippen LogP contribution in [0.2, 0.25) is 10.0 Å². The zero-order valence-corrected chi connectivity index (χ0v) is 18.2. The number of hydrogen-bond acceptors (Lipinski definition) is 6. The van der Waals surface area contributed by atoms with Crippen molar-refractivity contribution in [3.8, 4) is 17.4 Å². The maximum Gasteiger partial charge on any atom is 0.515 e. The summed E-state index contributed by atoms with van der Waals surface area (Å²) in [6, 6.07) is 10.6. The molecule has 0 radical (unpaired) electrons. The van der Waals surface area contributed by atoms with Crippen LogP contribution in [-0.2, 0) is 16.1 Å². The maximum atomic E-state index is 11.9. The van der Waals surface area contributed by atoms with Gasteiger partial charge in [0, 0.05) is 23.6 Å². The van der Waals surface area contributed by atoms with Crippen molar-refractivity contribution in [2.24, 2.45) is 0 Å². The topological polar surface area (TPSA) is 82.7 Å². The number of carbonyl (C=O) groups is 1. The average molecular weight is 461 g/mol. The van der Waals surface area contributed by atoms with Crippen molar-refractivity contribution in [3.63, 3.8) is 0 Å². The van der Waals surface area contributed by atoms with Crippen molar-refractivity contribution in [1.82, 2.24) is 9.97 Å². The standard InChI is InChI=1S/C22H18Cl2N2O5/c1-3-29-22(27)31-21-13(11-28-2)19-16(10-25-21)26-15-5-4-6-17(20(15)19)30-18-9-12(23)7-8-14(18)24/h4-10,26H,3,11H2,1-2H3. The molecule has 0 bridgehead atoms. The van der Waals surface area contributed by atoms with E-state index in [1.165, 1.54) is 0 Å². The highest BCUT2D eigenvalue weighted by molar-refractivity contribution is 6.34. The molecule has 4 rings (SSSR count). The highest BCUT2D eigenvalue weighted by Gasteiger charge is 2.21. The van der Waals surface area contributed by atoms with E-state index in [0.29, 0.717) is 27.1 Å². The molecule has 160 valence electrons. The first-order valence-corrected chi connectivity index (χ1v) is 10.2. The Morgan fingerprint density at radius 3 is 2.71 bits per heavy atom. The van der Waals surface area contributed by atoms with Gasteiger partial charge in [-0.25, -0.2) is 9.78 Å². The molecule has 31 heavy (non-hydrogen) atoms. The number of pyridine rings is 1. The third kappa shape index (κ3) is 4.25. The fourth-order valence-electron chi connectivity index (χ4n) is 3.31. The predicted octanol–water partition coefficient (Wildman–Crippen LogP) is 6.50. The summed E-state index contributed by atoms with van der Waals surface area (Å²) in [7, 11) is 1.55. The van der Waals surface area contributed by atoms with Crippen molar-refractivity contribution in [3.05, 3.63) is 58.2 Å². The largest absolute Gasteiger partial charge is 0.515 e. The van der Waals surface area contributed by atoms with Gasteiger partial charge in [-0.05, 0) is 31.2 Å². The van der Waals surface area contributed by atoms with Crippen LogP contribution in [0, 0.1) is 0 Å². The highest BCUT2D eigenvalue weighted by atomic mass is 35.5. The van der Waals surface area contributed by atoms with Crippen LogP contribution < -0.4 is 9.47 Å². The molecule has 0 fully saturated rings. The first-order valence-electron chi connectivity index (χ1n) is 9.40. The minimum Gasteiger partial charge on any atom is -0.455 e. The lowest BCUT2D eigenvalue weighted by Crippen LogP contribution is -2.12. The van der Waals surface area contributed by atoms with Gasteiger partial charge >= 0.3 is 6.16 Å². The number of carbonyl (C=O) groups excluding carboxylic acids is 1. The number of benzene rings is 2. The van der Waals surface area contributed by atoms with Gasteiger partial charge in [0.2, 0.25) is 5.88 Å². The lowest BCUT2D eigenvalue weighted by atomic mass is 10.1. The van der Waals surface area contributed by atoms with E-state index in [-0.39, 0.29) is 19.1 Å². The second-order valence-electron chi connectivity index (χ2n) is 6.53. The normalized spacial score (nSPS) is 11.1. The molecular weight excluding hydrogens is 443 g/mol. The molecule has 2 heterocycles. The Labute approximate surface area is 187 Å². The zero-order valence-electron chi connectivity index (χ0n) is 16.7. The molecule has 4 aromatic rings. The van der Waals surface area contributed by atoms with Crippen molar-refractivity contribution in [2.45, 2.75) is 13.5 Å². The van der Waals surface area contributed by atoms with E-state index in [1.54, 1.807) is 38.4 Å². The molecule has 0 aliphatic rings. The SMILES string of the molecule is CCOC(=O)Oc1ncc2[nH]c3cccc(Oc4cc(Cl)ccc4Cl)c3c2c1COC. The lowest BCUT2D eigenvalue weighted by Gasteiger charge is -2.12. The Kier molecular flexibility index (Phi) is 6.18. The Hall–Kier alpha value is -3.00. The third-order valence-electron chi connectivity index (χ3n) is 4.53. The van der Waals surface area contributed by atoms with Crippen LogP contribution in [0.15, 0.2) is 42.6 Å². The fraction of sp³-hybridized carbons (Fsp3) is 0.182. The molecule has 2 aromatic heterocycles. The van der Waals surface area contributed by atoms with E-state index in [0.717, 1.165) is 21.8 Å². The van der Waals surface area contributed by atoms with Crippen LogP contribution in [0.4, 0.5) is 4.79 Å². The van der Waals surface area contributed by atoms with E-state index in [1.807, 2.05) is 18.2 Å². The molecule has 0 aliphatic heterocycles. The Balaban J connectivity index is 1.91. The van der Waals surface area contributed by atoms with Gasteiger partial charge in [0.05, 0.1) is 46.4 Å². The number of aromatic amines is 1. The number of nitrogens with one attached hydrogen (secondary N) is 1. The molecule has 0 aliphatic carbocycles. The van der Waals surface area contributed by atoms with Crippen molar-refractivity contribution in [2.75, 3.05) is 13.7 Å². The van der Waals surface area contributed by atoms with Crippen molar-refractivity contribution < 1.29 is 23.7 Å². The number of aromatic nitrogens is 2. The van der Waals surface area contributed by atoms with Gasteiger partial charge in [-0.1, -0.05) is 29.3 Å². The molecule has 9 heteroatoms. The van der Waals surface area contributed by atoms with Gasteiger partial charge in [-0.15, -0.1) is 0 Å². The molecule has 0 unspecified atom stereocenters. The minimum absolute atomic E-state index is 0.101. The molecule has 0 amide bonds. The molecule has 1 N–H and O–H groups in total. The number of halogens is 2. The maximum absolute atomic E-state index is 11.9. The molecule has 0 atom stereocenters. The molecule has 0 spiro atoms. The van der Waals surface area contributed by atoms with E-state index >= 15 is 0 Å². The number of H-pyrrole nitrogens is 1. The molecule has 2 aromatic carbocycles. The summed E-state index contributed by atoms with van der Waals surface area (Å²) in [6.07, 6.45) is 0.743. The van der Waals surface area contributed by atoms with Gasteiger partial charge in [0.25, 0.3) is 0 Å². The highest BCUT2D eigenvalue weighted by Crippen LogP contribution is 2.41. The van der Waals surface area contributed by atoms with Gasteiger partial charge < -0.3 is 23.9 Å². The summed E-state index contributed by atoms with van der Waals surface area (Å²) in [5.74, 6) is 1.06.